The molecule has 5 aromatic heterocycles. The van der Waals surface area contributed by atoms with Crippen LogP contribution in [0.5, 0.6) is 0 Å². The van der Waals surface area contributed by atoms with Gasteiger partial charge in [0.25, 0.3) is 0 Å². The van der Waals surface area contributed by atoms with E-state index in [1.807, 2.05) is 30.3 Å². The van der Waals surface area contributed by atoms with Crippen LogP contribution in [0.3, 0.4) is 0 Å². The average Bonchev–Trinajstić information content (AvgIpc) is 3.90. The van der Waals surface area contributed by atoms with Crippen molar-refractivity contribution in [3.63, 3.8) is 0 Å². The molecule has 13 rings (SSSR count). The Labute approximate surface area is 311 Å². The molecule has 0 radical (unpaired) electrons. The van der Waals surface area contributed by atoms with Crippen LogP contribution in [0, 0.1) is 0 Å². The summed E-state index contributed by atoms with van der Waals surface area (Å²) in [4.78, 5) is 15.7. The summed E-state index contributed by atoms with van der Waals surface area (Å²) >= 11 is 0. The first kappa shape index (κ1) is 28.9. The van der Waals surface area contributed by atoms with E-state index in [1.54, 1.807) is 0 Å². The van der Waals surface area contributed by atoms with Gasteiger partial charge in [0.05, 0.1) is 27.5 Å². The second-order valence-electron chi connectivity index (χ2n) is 14.3. The van der Waals surface area contributed by atoms with Crippen molar-refractivity contribution >= 4 is 92.7 Å². The molecule has 0 spiro atoms. The van der Waals surface area contributed by atoms with E-state index in [0.717, 1.165) is 93.1 Å². The zero-order valence-corrected chi connectivity index (χ0v) is 29.1. The minimum Gasteiger partial charge on any atom is -0.456 e. The number of benzene rings is 8. The number of aromatic nitrogens is 4. The van der Waals surface area contributed by atoms with Crippen LogP contribution in [-0.4, -0.2) is 19.4 Å². The van der Waals surface area contributed by atoms with Gasteiger partial charge in [-0.1, -0.05) is 109 Å². The zero-order valence-electron chi connectivity index (χ0n) is 29.1. The van der Waals surface area contributed by atoms with Crippen molar-refractivity contribution in [1.82, 2.24) is 19.4 Å². The molecule has 254 valence electrons. The normalized spacial score (nSPS) is 12.4. The highest BCUT2D eigenvalue weighted by Crippen LogP contribution is 2.46. The fraction of sp³-hybridized carbons (Fsp3) is 0. The van der Waals surface area contributed by atoms with Gasteiger partial charge >= 0.3 is 0 Å². The van der Waals surface area contributed by atoms with Crippen molar-refractivity contribution in [2.45, 2.75) is 0 Å². The fourth-order valence-electron chi connectivity index (χ4n) is 9.02. The molecule has 6 nitrogen and oxygen atoms in total. The van der Waals surface area contributed by atoms with Gasteiger partial charge in [0.1, 0.15) is 22.3 Å². The van der Waals surface area contributed by atoms with E-state index in [4.69, 9.17) is 23.8 Å². The smallest absolute Gasteiger partial charge is 0.167 e. The average molecular weight is 703 g/mol. The summed E-state index contributed by atoms with van der Waals surface area (Å²) in [6, 6.07) is 54.9. The highest BCUT2D eigenvalue weighted by Gasteiger charge is 2.24. The number of para-hydroxylation sites is 4. The summed E-state index contributed by atoms with van der Waals surface area (Å²) in [5.41, 5.74) is 9.24. The molecule has 0 amide bonds. The summed E-state index contributed by atoms with van der Waals surface area (Å²) in [5, 5.41) is 11.1. The molecule has 0 unspecified atom stereocenters. The molecule has 13 aromatic rings. The Balaban J connectivity index is 1.15. The van der Waals surface area contributed by atoms with Crippen molar-refractivity contribution < 1.29 is 8.83 Å². The number of fused-ring (bicyclic) bond motifs is 10. The zero-order chi connectivity index (χ0) is 35.8. The Morgan fingerprint density at radius 3 is 1.87 bits per heavy atom. The van der Waals surface area contributed by atoms with Crippen molar-refractivity contribution in [2.75, 3.05) is 0 Å². The van der Waals surface area contributed by atoms with Crippen LogP contribution in [-0.2, 0) is 0 Å². The van der Waals surface area contributed by atoms with Gasteiger partial charge in [-0.3, -0.25) is 0 Å². The van der Waals surface area contributed by atoms with Crippen molar-refractivity contribution in [3.05, 3.63) is 158 Å². The van der Waals surface area contributed by atoms with Crippen molar-refractivity contribution in [1.29, 1.82) is 0 Å². The molecule has 5 heterocycles. The van der Waals surface area contributed by atoms with Crippen molar-refractivity contribution in [3.8, 4) is 34.2 Å². The second kappa shape index (κ2) is 10.5. The summed E-state index contributed by atoms with van der Waals surface area (Å²) in [5.74, 6) is 1.68. The van der Waals surface area contributed by atoms with Crippen molar-refractivity contribution in [2.24, 2.45) is 0 Å². The van der Waals surface area contributed by atoms with Crippen LogP contribution >= 0.6 is 0 Å². The molecule has 0 saturated carbocycles. The molecular formula is C49H26N4O2. The minimum atomic E-state index is 0.540. The van der Waals surface area contributed by atoms with Crippen LogP contribution in [0.4, 0.5) is 0 Å². The summed E-state index contributed by atoms with van der Waals surface area (Å²) in [7, 11) is 0. The molecule has 8 aromatic carbocycles. The van der Waals surface area contributed by atoms with Gasteiger partial charge in [-0.15, -0.1) is 0 Å². The lowest BCUT2D eigenvalue weighted by atomic mass is 10.0. The molecule has 0 atom stereocenters. The molecule has 0 saturated heterocycles. The third-order valence-corrected chi connectivity index (χ3v) is 11.4. The maximum absolute atomic E-state index is 6.78. The Kier molecular flexibility index (Phi) is 5.54. The van der Waals surface area contributed by atoms with Crippen LogP contribution < -0.4 is 0 Å². The molecule has 0 N–H and O–H groups in total. The predicted octanol–water partition coefficient (Wildman–Crippen LogP) is 13.0. The molecular weight excluding hydrogens is 677 g/mol. The molecule has 0 bridgehead atoms. The maximum Gasteiger partial charge on any atom is 0.167 e. The summed E-state index contributed by atoms with van der Waals surface area (Å²) < 4.78 is 15.7. The van der Waals surface area contributed by atoms with E-state index in [-0.39, 0.29) is 0 Å². The third kappa shape index (κ3) is 3.89. The van der Waals surface area contributed by atoms with E-state index >= 15 is 0 Å². The number of hydrogen-bond donors (Lipinski definition) is 0. The molecule has 0 fully saturated rings. The van der Waals surface area contributed by atoms with E-state index in [0.29, 0.717) is 17.5 Å². The lowest BCUT2D eigenvalue weighted by Gasteiger charge is -2.11. The quantitative estimate of drug-likeness (QED) is 0.183. The molecule has 0 aliphatic rings. The molecule has 0 aliphatic heterocycles. The topological polar surface area (TPSA) is 69.4 Å². The van der Waals surface area contributed by atoms with Gasteiger partial charge in [0.2, 0.25) is 0 Å². The van der Waals surface area contributed by atoms with Gasteiger partial charge in [-0.2, -0.15) is 0 Å². The van der Waals surface area contributed by atoms with Crippen LogP contribution in [0.15, 0.2) is 167 Å². The van der Waals surface area contributed by atoms with E-state index < -0.39 is 0 Å². The van der Waals surface area contributed by atoms with Gasteiger partial charge in [-0.25, -0.2) is 15.0 Å². The lowest BCUT2D eigenvalue weighted by molar-refractivity contribution is 0.669. The molecule has 0 aliphatic carbocycles. The van der Waals surface area contributed by atoms with Gasteiger partial charge in [0, 0.05) is 43.4 Å². The number of hydrogen-bond acceptors (Lipinski definition) is 5. The van der Waals surface area contributed by atoms with Gasteiger partial charge < -0.3 is 13.2 Å². The number of nitrogens with zero attached hydrogens (tertiary/aromatic N) is 4. The monoisotopic (exact) mass is 702 g/mol. The lowest BCUT2D eigenvalue weighted by Crippen LogP contribution is -2.01. The molecule has 55 heavy (non-hydrogen) atoms. The fourth-order valence-corrected chi connectivity index (χ4v) is 9.02. The first-order chi connectivity index (χ1) is 27.3. The van der Waals surface area contributed by atoms with E-state index in [9.17, 15) is 0 Å². The Morgan fingerprint density at radius 2 is 1.02 bits per heavy atom. The van der Waals surface area contributed by atoms with Crippen LogP contribution in [0.25, 0.3) is 127 Å². The number of furan rings is 2. The Bertz CT molecular complexity index is 3720. The van der Waals surface area contributed by atoms with Gasteiger partial charge in [0.15, 0.2) is 17.5 Å². The Hall–Kier alpha value is -7.57. The maximum atomic E-state index is 6.78. The first-order valence-electron chi connectivity index (χ1n) is 18.4. The van der Waals surface area contributed by atoms with E-state index in [2.05, 4.69) is 132 Å². The Morgan fingerprint density at radius 1 is 0.382 bits per heavy atom. The number of rotatable bonds is 3. The highest BCUT2D eigenvalue weighted by atomic mass is 16.3. The second-order valence-corrected chi connectivity index (χ2v) is 14.3. The highest BCUT2D eigenvalue weighted by molar-refractivity contribution is 6.32. The minimum absolute atomic E-state index is 0.540. The molecule has 6 heteroatoms. The van der Waals surface area contributed by atoms with Crippen LogP contribution in [0.1, 0.15) is 0 Å². The summed E-state index contributed by atoms with van der Waals surface area (Å²) in [6.45, 7) is 0. The van der Waals surface area contributed by atoms with Gasteiger partial charge in [-0.05, 0) is 64.7 Å². The predicted molar refractivity (Wildman–Crippen MR) is 223 cm³/mol. The SMILES string of the molecule is c1ccc2c(-c3nc(-c4cc5oc6ccc7c8ccccc8n8c9ccccc9c(c4)c5c6c78)nc(-c4cccc5c4oc4ccccc45)n3)cccc2c1. The standard InChI is InChI=1S/C49H26N4O2/c1-2-13-29-27(11-1)12-9-18-35(29)48-50-47(51-49(52-48)36-19-10-17-34-32-16-5-8-22-40(32)55-46(34)36)28-25-37-31-15-4-7-21-39(31)53-38-20-6-3-14-30(38)33-23-24-41-44(45(33)53)43(37)42(26-28)54-41/h1-26H. The largest absolute Gasteiger partial charge is 0.456 e. The summed E-state index contributed by atoms with van der Waals surface area (Å²) in [6.07, 6.45) is 0. The van der Waals surface area contributed by atoms with E-state index in [1.165, 1.54) is 16.3 Å². The first-order valence-corrected chi connectivity index (χ1v) is 18.4. The third-order valence-electron chi connectivity index (χ3n) is 11.4. The van der Waals surface area contributed by atoms with Crippen LogP contribution in [0.2, 0.25) is 0 Å².